The van der Waals surface area contributed by atoms with Crippen molar-refractivity contribution in [2.75, 3.05) is 26.2 Å². The zero-order chi connectivity index (χ0) is 12.0. The molecular weight excluding hydrogens is 202 g/mol. The summed E-state index contributed by atoms with van der Waals surface area (Å²) in [7, 11) is 0. The van der Waals surface area contributed by atoms with Crippen molar-refractivity contribution in [3.63, 3.8) is 0 Å². The fourth-order valence-corrected chi connectivity index (χ4v) is 2.05. The second-order valence-corrected chi connectivity index (χ2v) is 4.48. The van der Waals surface area contributed by atoms with Crippen LogP contribution in [-0.4, -0.2) is 49.1 Å². The molecule has 0 bridgehead atoms. The number of piperazine rings is 1. The summed E-state index contributed by atoms with van der Waals surface area (Å²) in [6.45, 7) is 10.1. The molecule has 1 atom stereocenters. The first-order chi connectivity index (χ1) is 7.69. The molecule has 0 saturated carbocycles. The average Bonchev–Trinajstić information content (AvgIpc) is 2.35. The quantitative estimate of drug-likeness (QED) is 0.722. The van der Waals surface area contributed by atoms with Crippen LogP contribution in [0.4, 0.5) is 0 Å². The van der Waals surface area contributed by atoms with Gasteiger partial charge >= 0.3 is 0 Å². The highest BCUT2D eigenvalue weighted by molar-refractivity contribution is 5.81. The van der Waals surface area contributed by atoms with Crippen LogP contribution in [0.5, 0.6) is 0 Å². The summed E-state index contributed by atoms with van der Waals surface area (Å²) in [6.07, 6.45) is 2.02. The number of nitrogens with one attached hydrogen (secondary N) is 2. The fourth-order valence-electron chi connectivity index (χ4n) is 2.05. The number of carbonyl (C=O) groups is 1. The average molecular weight is 227 g/mol. The summed E-state index contributed by atoms with van der Waals surface area (Å²) in [5.74, 6) is 0.176. The third-order valence-electron chi connectivity index (χ3n) is 3.41. The first kappa shape index (κ1) is 13.5. The van der Waals surface area contributed by atoms with Crippen molar-refractivity contribution in [2.24, 2.45) is 0 Å². The molecule has 1 aliphatic rings. The lowest BCUT2D eigenvalue weighted by Crippen LogP contribution is -2.53. The van der Waals surface area contributed by atoms with E-state index in [-0.39, 0.29) is 11.9 Å². The van der Waals surface area contributed by atoms with Crippen LogP contribution >= 0.6 is 0 Å². The first-order valence-electron chi connectivity index (χ1n) is 6.44. The molecule has 94 valence electrons. The van der Waals surface area contributed by atoms with E-state index in [0.717, 1.165) is 39.0 Å². The van der Waals surface area contributed by atoms with E-state index in [0.29, 0.717) is 6.04 Å². The van der Waals surface area contributed by atoms with Gasteiger partial charge in [0.1, 0.15) is 0 Å². The zero-order valence-corrected chi connectivity index (χ0v) is 10.8. The maximum Gasteiger partial charge on any atom is 0.237 e. The lowest BCUT2D eigenvalue weighted by Gasteiger charge is -2.32. The molecule has 4 nitrogen and oxygen atoms in total. The lowest BCUT2D eigenvalue weighted by atomic mass is 10.1. The molecule has 1 rings (SSSR count). The fraction of sp³-hybridized carbons (Fsp3) is 0.917. The molecule has 1 heterocycles. The van der Waals surface area contributed by atoms with E-state index in [9.17, 15) is 4.79 Å². The number of hydrogen-bond acceptors (Lipinski definition) is 3. The predicted molar refractivity (Wildman–Crippen MR) is 66.4 cm³/mol. The van der Waals surface area contributed by atoms with Gasteiger partial charge in [-0.1, -0.05) is 13.8 Å². The Morgan fingerprint density at radius 1 is 1.31 bits per heavy atom. The van der Waals surface area contributed by atoms with Gasteiger partial charge in [0.25, 0.3) is 0 Å². The minimum absolute atomic E-state index is 0.00250. The van der Waals surface area contributed by atoms with Crippen LogP contribution in [0.3, 0.4) is 0 Å². The number of amides is 1. The van der Waals surface area contributed by atoms with Crippen molar-refractivity contribution in [2.45, 2.75) is 45.7 Å². The molecule has 1 aliphatic heterocycles. The third kappa shape index (κ3) is 3.76. The van der Waals surface area contributed by atoms with Gasteiger partial charge < -0.3 is 10.6 Å². The van der Waals surface area contributed by atoms with Crippen LogP contribution < -0.4 is 10.6 Å². The van der Waals surface area contributed by atoms with Crippen LogP contribution in [0.15, 0.2) is 0 Å². The third-order valence-corrected chi connectivity index (χ3v) is 3.41. The topological polar surface area (TPSA) is 44.4 Å². The SMILES string of the molecule is CCC(CC)NC(=O)C(C)N1CCNCC1. The van der Waals surface area contributed by atoms with E-state index < -0.39 is 0 Å². The Kier molecular flexibility index (Phi) is 5.77. The molecule has 0 aromatic rings. The van der Waals surface area contributed by atoms with Crippen molar-refractivity contribution < 1.29 is 4.79 Å². The Labute approximate surface area is 98.8 Å². The maximum absolute atomic E-state index is 12.0. The van der Waals surface area contributed by atoms with Gasteiger partial charge in [-0.15, -0.1) is 0 Å². The van der Waals surface area contributed by atoms with Crippen LogP contribution in [0, 0.1) is 0 Å². The van der Waals surface area contributed by atoms with E-state index in [4.69, 9.17) is 0 Å². The summed E-state index contributed by atoms with van der Waals surface area (Å²) < 4.78 is 0. The Balaban J connectivity index is 2.39. The molecule has 0 spiro atoms. The van der Waals surface area contributed by atoms with Crippen LogP contribution in [0.2, 0.25) is 0 Å². The molecule has 16 heavy (non-hydrogen) atoms. The molecule has 0 aromatic carbocycles. The highest BCUT2D eigenvalue weighted by Crippen LogP contribution is 2.03. The van der Waals surface area contributed by atoms with Gasteiger partial charge in [0.05, 0.1) is 6.04 Å². The van der Waals surface area contributed by atoms with Gasteiger partial charge in [-0.3, -0.25) is 9.69 Å². The minimum Gasteiger partial charge on any atom is -0.352 e. The number of carbonyl (C=O) groups excluding carboxylic acids is 1. The smallest absolute Gasteiger partial charge is 0.237 e. The number of hydrogen-bond donors (Lipinski definition) is 2. The van der Waals surface area contributed by atoms with Gasteiger partial charge in [0, 0.05) is 32.2 Å². The van der Waals surface area contributed by atoms with Crippen molar-refractivity contribution in [3.8, 4) is 0 Å². The summed E-state index contributed by atoms with van der Waals surface area (Å²) in [5.41, 5.74) is 0. The van der Waals surface area contributed by atoms with Crippen molar-refractivity contribution >= 4 is 5.91 Å². The normalized spacial score (nSPS) is 19.8. The Morgan fingerprint density at radius 3 is 2.38 bits per heavy atom. The number of rotatable bonds is 5. The molecular formula is C12H25N3O. The highest BCUT2D eigenvalue weighted by Gasteiger charge is 2.23. The van der Waals surface area contributed by atoms with E-state index in [1.807, 2.05) is 6.92 Å². The largest absolute Gasteiger partial charge is 0.352 e. The van der Waals surface area contributed by atoms with E-state index >= 15 is 0 Å². The highest BCUT2D eigenvalue weighted by atomic mass is 16.2. The van der Waals surface area contributed by atoms with Crippen molar-refractivity contribution in [3.05, 3.63) is 0 Å². The van der Waals surface area contributed by atoms with Crippen LogP contribution in [0.1, 0.15) is 33.6 Å². The van der Waals surface area contributed by atoms with Gasteiger partial charge in [0.2, 0.25) is 5.91 Å². The molecule has 1 amide bonds. The Bertz CT molecular complexity index is 210. The molecule has 0 radical (unpaired) electrons. The van der Waals surface area contributed by atoms with Gasteiger partial charge in [-0.05, 0) is 19.8 Å². The van der Waals surface area contributed by atoms with Crippen molar-refractivity contribution in [1.29, 1.82) is 0 Å². The van der Waals surface area contributed by atoms with E-state index in [1.54, 1.807) is 0 Å². The maximum atomic E-state index is 12.0. The lowest BCUT2D eigenvalue weighted by molar-refractivity contribution is -0.126. The molecule has 2 N–H and O–H groups in total. The van der Waals surface area contributed by atoms with E-state index in [1.165, 1.54) is 0 Å². The van der Waals surface area contributed by atoms with Gasteiger partial charge in [-0.25, -0.2) is 0 Å². The van der Waals surface area contributed by atoms with Crippen molar-refractivity contribution in [1.82, 2.24) is 15.5 Å². The van der Waals surface area contributed by atoms with Crippen LogP contribution in [-0.2, 0) is 4.79 Å². The molecule has 0 aromatic heterocycles. The molecule has 4 heteroatoms. The summed E-state index contributed by atoms with van der Waals surface area (Å²) >= 11 is 0. The van der Waals surface area contributed by atoms with Gasteiger partial charge in [0.15, 0.2) is 0 Å². The predicted octanol–water partition coefficient (Wildman–Crippen LogP) is 0.585. The summed E-state index contributed by atoms with van der Waals surface area (Å²) in [6, 6.07) is 0.334. The second kappa shape index (κ2) is 6.86. The molecule has 1 fully saturated rings. The standard InChI is InChI=1S/C12H25N3O/c1-4-11(5-2)14-12(16)10(3)15-8-6-13-7-9-15/h10-11,13H,4-9H2,1-3H3,(H,14,16). The summed E-state index contributed by atoms with van der Waals surface area (Å²) in [5, 5.41) is 6.41. The Hall–Kier alpha value is -0.610. The van der Waals surface area contributed by atoms with Gasteiger partial charge in [-0.2, -0.15) is 0 Å². The second-order valence-electron chi connectivity index (χ2n) is 4.48. The monoisotopic (exact) mass is 227 g/mol. The van der Waals surface area contributed by atoms with Crippen LogP contribution in [0.25, 0.3) is 0 Å². The summed E-state index contributed by atoms with van der Waals surface area (Å²) in [4.78, 5) is 14.2. The minimum atomic E-state index is 0.00250. The van der Waals surface area contributed by atoms with E-state index in [2.05, 4.69) is 29.4 Å². The zero-order valence-electron chi connectivity index (χ0n) is 10.8. The number of nitrogens with zero attached hydrogens (tertiary/aromatic N) is 1. The first-order valence-corrected chi connectivity index (χ1v) is 6.44. The molecule has 1 unspecified atom stereocenters. The molecule has 0 aliphatic carbocycles. The Morgan fingerprint density at radius 2 is 1.88 bits per heavy atom. The molecule has 1 saturated heterocycles.